The molecule has 0 amide bonds. The van der Waals surface area contributed by atoms with Crippen molar-refractivity contribution in [3.05, 3.63) is 362 Å². The maximum Gasteiger partial charge on any atom is 0.151 e. The van der Waals surface area contributed by atoms with Crippen molar-refractivity contribution in [3.63, 3.8) is 0 Å². The molecule has 116 heavy (non-hydrogen) atoms. The normalized spacial score (nSPS) is 13.0. The number of aryl methyl sites for hydroxylation is 2. The minimum Gasteiger partial charge on any atom is -0.453 e. The molecule has 0 radical (unpaired) electrons. The van der Waals surface area contributed by atoms with Crippen LogP contribution in [-0.4, -0.2) is 0 Å². The molecular formula is C106H80N4O4S2. The monoisotopic (exact) mass is 1540 g/mol. The molecule has 2 aromatic heterocycles. The maximum atomic E-state index is 6.33. The lowest BCUT2D eigenvalue weighted by atomic mass is 9.82. The van der Waals surface area contributed by atoms with Gasteiger partial charge in [-0.2, -0.15) is 0 Å². The van der Waals surface area contributed by atoms with Gasteiger partial charge in [0.1, 0.15) is 0 Å². The molecule has 10 heteroatoms. The largest absolute Gasteiger partial charge is 0.453 e. The third kappa shape index (κ3) is 12.1. The van der Waals surface area contributed by atoms with Gasteiger partial charge in [-0.15, -0.1) is 22.7 Å². The van der Waals surface area contributed by atoms with E-state index in [4.69, 9.17) is 18.9 Å². The Morgan fingerprint density at radius 2 is 0.405 bits per heavy atom. The van der Waals surface area contributed by atoms with Crippen molar-refractivity contribution < 1.29 is 18.9 Å². The Morgan fingerprint density at radius 3 is 0.612 bits per heavy atom. The van der Waals surface area contributed by atoms with Gasteiger partial charge in [0.05, 0.1) is 45.5 Å². The summed E-state index contributed by atoms with van der Waals surface area (Å²) in [4.78, 5) is 9.20. The number of hydrogen-bond acceptors (Lipinski definition) is 10. The highest BCUT2D eigenvalue weighted by molar-refractivity contribution is 7.27. The third-order valence-corrected chi connectivity index (χ3v) is 25.4. The summed E-state index contributed by atoms with van der Waals surface area (Å²) >= 11 is 3.81. The van der Waals surface area contributed by atoms with E-state index < -0.39 is 0 Å². The fourth-order valence-electron chi connectivity index (χ4n) is 17.1. The van der Waals surface area contributed by atoms with Gasteiger partial charge < -0.3 is 38.5 Å². The zero-order valence-electron chi connectivity index (χ0n) is 65.6. The number of benzene rings is 16. The average Bonchev–Trinajstić information content (AvgIpc) is 1.56. The quantitative estimate of drug-likeness (QED) is 0.149. The molecule has 22 rings (SSSR count). The number of ether oxygens (including phenoxy) is 4. The van der Waals surface area contributed by atoms with Crippen LogP contribution in [-0.2, 0) is 10.8 Å². The van der Waals surface area contributed by atoms with Crippen LogP contribution in [0.2, 0.25) is 0 Å². The van der Waals surface area contributed by atoms with E-state index in [0.29, 0.717) is 0 Å². The van der Waals surface area contributed by atoms with E-state index in [9.17, 15) is 0 Å². The first kappa shape index (κ1) is 70.2. The van der Waals surface area contributed by atoms with Gasteiger partial charge in [-0.25, -0.2) is 0 Å². The van der Waals surface area contributed by atoms with Gasteiger partial charge in [0, 0.05) is 63.1 Å². The summed E-state index contributed by atoms with van der Waals surface area (Å²) in [6.45, 7) is 18.3. The maximum absolute atomic E-state index is 6.33. The minimum absolute atomic E-state index is 0.0462. The number of nitrogens with zero attached hydrogens (tertiary/aromatic N) is 4. The van der Waals surface area contributed by atoms with Crippen molar-refractivity contribution in [2.24, 2.45) is 0 Å². The molecule has 6 heterocycles. The topological polar surface area (TPSA) is 49.9 Å². The van der Waals surface area contributed by atoms with Crippen molar-refractivity contribution in [3.8, 4) is 90.5 Å². The molecule has 0 aliphatic carbocycles. The van der Waals surface area contributed by atoms with Gasteiger partial charge in [0.25, 0.3) is 0 Å². The molecule has 16 aromatic carbocycles. The van der Waals surface area contributed by atoms with Crippen LogP contribution in [0.5, 0.6) is 46.0 Å². The van der Waals surface area contributed by atoms with Crippen LogP contribution in [0.4, 0.5) is 68.2 Å². The summed E-state index contributed by atoms with van der Waals surface area (Å²) in [5, 5.41) is 5.23. The molecule has 0 spiro atoms. The van der Waals surface area contributed by atoms with Crippen molar-refractivity contribution >= 4 is 131 Å². The Morgan fingerprint density at radius 1 is 0.216 bits per heavy atom. The fourth-order valence-corrected chi connectivity index (χ4v) is 19.7. The van der Waals surface area contributed by atoms with Gasteiger partial charge in [-0.05, 0) is 286 Å². The molecule has 0 unspecified atom stereocenters. The van der Waals surface area contributed by atoms with Crippen LogP contribution in [0, 0.1) is 13.8 Å². The highest BCUT2D eigenvalue weighted by Crippen LogP contribution is 2.57. The smallest absolute Gasteiger partial charge is 0.151 e. The molecule has 18 aromatic rings. The summed E-state index contributed by atoms with van der Waals surface area (Å²) < 4.78 is 30.4. The number of rotatable bonds is 8. The molecule has 0 atom stereocenters. The number of thiophene rings is 2. The minimum atomic E-state index is -0.0462. The second-order valence-electron chi connectivity index (χ2n) is 32.6. The second kappa shape index (κ2) is 27.6. The standard InChI is InChI=1S/C56H46N2O2S.C50H34N2O2S/c1-55(2,3)37-31-41(35-23-27-39(28-24-35)57-45-15-7-11-19-49(45)59-50-20-12-8-16-46(50)57)53-43(33-37)44-34-38(56(4,5)6)32-42(54(44)61-53)36-25-29-40(30-26-36)58-47-17-9-13-21-51(47)60-52-22-14-10-18-48(52)58;1-31-27-37(33-19-23-35(24-20-33)51-41-11-3-7-15-45(41)53-46-16-8-4-12-42(46)51)49-39(29-31)40-30-32(2)28-38(50(40)55-49)34-21-25-36(26-22-34)52-43-13-5-9-17-47(43)54-48-18-10-6-14-44(48)52/h7-34H,1-6H3;3-30H,1-2H3. The zero-order chi connectivity index (χ0) is 78.2. The first-order valence-corrected chi connectivity index (χ1v) is 41.3. The Hall–Kier alpha value is -13.6. The van der Waals surface area contributed by atoms with E-state index >= 15 is 0 Å². The predicted octanol–water partition coefficient (Wildman–Crippen LogP) is 32.3. The summed E-state index contributed by atoms with van der Waals surface area (Å²) in [5.41, 5.74) is 27.6. The molecule has 4 aliphatic heterocycles. The van der Waals surface area contributed by atoms with Crippen molar-refractivity contribution in [2.45, 2.75) is 66.2 Å². The molecular weight excluding hydrogens is 1460 g/mol. The summed E-state index contributed by atoms with van der Waals surface area (Å²) in [5.74, 6) is 6.83. The summed E-state index contributed by atoms with van der Waals surface area (Å²) in [6.07, 6.45) is 0. The van der Waals surface area contributed by atoms with E-state index in [1.165, 1.54) is 107 Å². The lowest BCUT2D eigenvalue weighted by molar-refractivity contribution is 0.477. The molecule has 0 saturated carbocycles. The van der Waals surface area contributed by atoms with Crippen LogP contribution >= 0.6 is 22.7 Å². The van der Waals surface area contributed by atoms with Crippen LogP contribution in [0.3, 0.4) is 0 Å². The summed E-state index contributed by atoms with van der Waals surface area (Å²) in [6, 6.07) is 121. The highest BCUT2D eigenvalue weighted by atomic mass is 32.1. The van der Waals surface area contributed by atoms with E-state index in [-0.39, 0.29) is 10.8 Å². The van der Waals surface area contributed by atoms with Gasteiger partial charge in [0.15, 0.2) is 46.0 Å². The lowest BCUT2D eigenvalue weighted by Gasteiger charge is -2.32. The highest BCUT2D eigenvalue weighted by Gasteiger charge is 2.32. The van der Waals surface area contributed by atoms with Gasteiger partial charge in [-0.1, -0.05) is 187 Å². The van der Waals surface area contributed by atoms with Crippen LogP contribution < -0.4 is 38.5 Å². The van der Waals surface area contributed by atoms with Crippen LogP contribution in [0.15, 0.2) is 340 Å². The first-order valence-electron chi connectivity index (χ1n) is 39.7. The van der Waals surface area contributed by atoms with E-state index in [1.54, 1.807) is 0 Å². The number of anilines is 12. The summed E-state index contributed by atoms with van der Waals surface area (Å²) in [7, 11) is 0. The second-order valence-corrected chi connectivity index (χ2v) is 34.6. The Kier molecular flexibility index (Phi) is 16.7. The van der Waals surface area contributed by atoms with E-state index in [1.807, 2.05) is 120 Å². The number of para-hydroxylation sites is 16. The van der Waals surface area contributed by atoms with Crippen molar-refractivity contribution in [2.75, 3.05) is 19.6 Å². The fraction of sp³-hybridized carbons (Fsp3) is 0.0943. The Labute approximate surface area is 683 Å². The molecule has 0 N–H and O–H groups in total. The lowest BCUT2D eigenvalue weighted by Crippen LogP contribution is -2.15. The average molecular weight is 1540 g/mol. The predicted molar refractivity (Wildman–Crippen MR) is 486 cm³/mol. The molecule has 0 saturated heterocycles. The van der Waals surface area contributed by atoms with Crippen molar-refractivity contribution in [1.29, 1.82) is 0 Å². The number of fused-ring (bicyclic) bond motifs is 14. The molecule has 0 bridgehead atoms. The zero-order valence-corrected chi connectivity index (χ0v) is 67.2. The SMILES string of the molecule is CC(C)(C)c1cc(-c2ccc(N3c4ccccc4Oc4ccccc43)cc2)c2sc3c(-c4ccc(N5c6ccccc6Oc6ccccc65)cc4)cc(C(C)(C)C)cc3c2c1.Cc1cc(-c2ccc(N3c4ccccc4Oc4ccccc43)cc2)c2sc3c(-c4ccc(N5c6ccccc6Oc6ccccc65)cc4)cc(C)cc3c2c1. The third-order valence-electron chi connectivity index (χ3n) is 22.8. The molecule has 4 aliphatic rings. The van der Waals surface area contributed by atoms with Crippen LogP contribution in [0.25, 0.3) is 84.9 Å². The molecule has 0 fully saturated rings. The van der Waals surface area contributed by atoms with Gasteiger partial charge >= 0.3 is 0 Å². The van der Waals surface area contributed by atoms with Crippen molar-refractivity contribution in [1.82, 2.24) is 0 Å². The molecule has 8 nitrogen and oxygen atoms in total. The molecule has 560 valence electrons. The number of hydrogen-bond donors (Lipinski definition) is 0. The van der Waals surface area contributed by atoms with E-state index in [2.05, 4.69) is 318 Å². The van der Waals surface area contributed by atoms with Crippen LogP contribution in [0.1, 0.15) is 63.8 Å². The first-order chi connectivity index (χ1) is 56.6. The Bertz CT molecular complexity index is 6370. The van der Waals surface area contributed by atoms with Gasteiger partial charge in [0.2, 0.25) is 0 Å². The van der Waals surface area contributed by atoms with E-state index in [0.717, 1.165) is 114 Å². The Balaban J connectivity index is 0.000000146. The van der Waals surface area contributed by atoms with Gasteiger partial charge in [-0.3, -0.25) is 0 Å².